The molecular formula is C25H34N2O2. The molecule has 2 aromatic carbocycles. The van der Waals surface area contributed by atoms with Crippen LogP contribution in [0.2, 0.25) is 0 Å². The minimum atomic E-state index is -0.0792. The number of hydrogen-bond acceptors (Lipinski definition) is 4. The molecule has 4 nitrogen and oxygen atoms in total. The summed E-state index contributed by atoms with van der Waals surface area (Å²) in [6.07, 6.45) is 2.30. The van der Waals surface area contributed by atoms with Gasteiger partial charge in [0, 0.05) is 42.7 Å². The molecule has 0 aliphatic carbocycles. The first kappa shape index (κ1) is 20.2. The number of hydrogen-bond donors (Lipinski definition) is 0. The monoisotopic (exact) mass is 394 g/mol. The van der Waals surface area contributed by atoms with Crippen molar-refractivity contribution in [2.45, 2.75) is 59.0 Å². The van der Waals surface area contributed by atoms with Crippen molar-refractivity contribution in [3.63, 3.8) is 0 Å². The van der Waals surface area contributed by atoms with Gasteiger partial charge in [0.25, 0.3) is 0 Å². The lowest BCUT2D eigenvalue weighted by molar-refractivity contribution is 0.0953. The average molecular weight is 395 g/mol. The van der Waals surface area contributed by atoms with Crippen LogP contribution in [0, 0.1) is 0 Å². The summed E-state index contributed by atoms with van der Waals surface area (Å²) in [5.74, 6) is 2.07. The molecule has 2 aliphatic rings. The number of ether oxygens (including phenoxy) is 2. The van der Waals surface area contributed by atoms with Gasteiger partial charge >= 0.3 is 0 Å². The Morgan fingerprint density at radius 1 is 0.759 bits per heavy atom. The maximum Gasteiger partial charge on any atom is 0.142 e. The molecular weight excluding hydrogens is 360 g/mol. The Morgan fingerprint density at radius 2 is 1.21 bits per heavy atom. The molecule has 0 atom stereocenters. The van der Waals surface area contributed by atoms with Gasteiger partial charge in [0.05, 0.1) is 0 Å². The molecule has 4 rings (SSSR count). The largest absolute Gasteiger partial charge is 0.478 e. The fraction of sp³-hybridized carbons (Fsp3) is 0.520. The van der Waals surface area contributed by atoms with Gasteiger partial charge in [0.1, 0.15) is 25.0 Å². The number of benzene rings is 2. The predicted molar refractivity (Wildman–Crippen MR) is 117 cm³/mol. The Morgan fingerprint density at radius 3 is 1.62 bits per heavy atom. The summed E-state index contributed by atoms with van der Waals surface area (Å²) in [4.78, 5) is 4.75. The zero-order valence-corrected chi connectivity index (χ0v) is 18.3. The van der Waals surface area contributed by atoms with Gasteiger partial charge in [-0.2, -0.15) is 0 Å². The fourth-order valence-corrected chi connectivity index (χ4v) is 4.45. The van der Waals surface area contributed by atoms with Crippen LogP contribution < -0.4 is 9.47 Å². The van der Waals surface area contributed by atoms with Gasteiger partial charge in [0.2, 0.25) is 0 Å². The van der Waals surface area contributed by atoms with Gasteiger partial charge in [0.15, 0.2) is 0 Å². The lowest BCUT2D eigenvalue weighted by Crippen LogP contribution is -2.33. The van der Waals surface area contributed by atoms with Gasteiger partial charge < -0.3 is 9.47 Å². The van der Waals surface area contributed by atoms with Crippen molar-refractivity contribution in [2.75, 3.05) is 26.6 Å². The summed E-state index contributed by atoms with van der Waals surface area (Å²) >= 11 is 0. The Hall–Kier alpha value is -2.04. The van der Waals surface area contributed by atoms with Crippen molar-refractivity contribution >= 4 is 0 Å². The van der Waals surface area contributed by atoms with E-state index in [2.05, 4.69) is 73.9 Å². The Balaban J connectivity index is 1.61. The Labute approximate surface area is 175 Å². The van der Waals surface area contributed by atoms with Gasteiger partial charge in [-0.3, -0.25) is 9.80 Å². The lowest BCUT2D eigenvalue weighted by Gasteiger charge is -2.33. The van der Waals surface area contributed by atoms with Crippen LogP contribution in [-0.4, -0.2) is 36.4 Å². The quantitative estimate of drug-likeness (QED) is 0.678. The maximum absolute atomic E-state index is 5.98. The van der Waals surface area contributed by atoms with Crippen LogP contribution in [0.25, 0.3) is 0 Å². The zero-order chi connectivity index (χ0) is 20.4. The third-order valence-corrected chi connectivity index (χ3v) is 6.24. The number of rotatable bonds is 6. The van der Waals surface area contributed by atoms with Crippen LogP contribution in [0.3, 0.4) is 0 Å². The topological polar surface area (TPSA) is 24.9 Å². The molecule has 0 aromatic heterocycles. The number of fused-ring (bicyclic) bond motifs is 2. The highest BCUT2D eigenvalue weighted by molar-refractivity contribution is 5.48. The smallest absolute Gasteiger partial charge is 0.142 e. The van der Waals surface area contributed by atoms with Crippen LogP contribution in [-0.2, 0) is 18.5 Å². The zero-order valence-electron chi connectivity index (χ0n) is 18.3. The second kappa shape index (κ2) is 8.37. The highest BCUT2D eigenvalue weighted by Crippen LogP contribution is 2.38. The van der Waals surface area contributed by atoms with Gasteiger partial charge in [-0.15, -0.1) is 0 Å². The van der Waals surface area contributed by atoms with Crippen molar-refractivity contribution in [3.8, 4) is 11.5 Å². The highest BCUT2D eigenvalue weighted by atomic mass is 16.5. The standard InChI is InChI=1S/C25H34N2O2/c1-5-11-26-15-19-13-21(7-9-23(19)28-17-26)25(3,4)22-8-10-24-20(14-22)16-27(12-6-2)18-29-24/h7-10,13-14H,5-6,11-12,15-18H2,1-4H3. The SMILES string of the molecule is CCCN1COc2ccc(C(C)(C)c3ccc4c(c3)CN(CCC)CO4)cc2C1. The minimum absolute atomic E-state index is 0.0792. The molecule has 29 heavy (non-hydrogen) atoms. The van der Waals surface area contributed by atoms with Crippen LogP contribution in [0.1, 0.15) is 62.8 Å². The molecule has 0 saturated heterocycles. The fourth-order valence-electron chi connectivity index (χ4n) is 4.45. The molecule has 0 bridgehead atoms. The molecule has 0 spiro atoms. The van der Waals surface area contributed by atoms with Crippen molar-refractivity contribution < 1.29 is 9.47 Å². The first-order chi connectivity index (χ1) is 14.0. The number of nitrogens with zero attached hydrogens (tertiary/aromatic N) is 2. The van der Waals surface area contributed by atoms with E-state index in [9.17, 15) is 0 Å². The molecule has 0 N–H and O–H groups in total. The van der Waals surface area contributed by atoms with E-state index in [4.69, 9.17) is 9.47 Å². The molecule has 2 aliphatic heterocycles. The summed E-state index contributed by atoms with van der Waals surface area (Å²) in [6.45, 7) is 14.6. The lowest BCUT2D eigenvalue weighted by atomic mass is 9.77. The van der Waals surface area contributed by atoms with Crippen LogP contribution in [0.5, 0.6) is 11.5 Å². The minimum Gasteiger partial charge on any atom is -0.478 e. The van der Waals surface area contributed by atoms with Crippen molar-refractivity contribution in [3.05, 3.63) is 58.7 Å². The molecule has 4 heteroatoms. The van der Waals surface area contributed by atoms with E-state index in [-0.39, 0.29) is 5.41 Å². The second-order valence-electron chi connectivity index (χ2n) is 8.92. The molecule has 0 saturated carbocycles. The molecule has 0 unspecified atom stereocenters. The van der Waals surface area contributed by atoms with E-state index in [1.165, 1.54) is 22.3 Å². The van der Waals surface area contributed by atoms with E-state index in [0.717, 1.165) is 50.5 Å². The summed E-state index contributed by atoms with van der Waals surface area (Å²) in [5.41, 5.74) is 5.18. The first-order valence-electron chi connectivity index (χ1n) is 11.0. The van der Waals surface area contributed by atoms with E-state index < -0.39 is 0 Å². The van der Waals surface area contributed by atoms with Crippen LogP contribution in [0.4, 0.5) is 0 Å². The van der Waals surface area contributed by atoms with Crippen molar-refractivity contribution in [1.29, 1.82) is 0 Å². The van der Waals surface area contributed by atoms with Gasteiger partial charge in [-0.1, -0.05) is 39.8 Å². The summed E-state index contributed by atoms with van der Waals surface area (Å²) in [6, 6.07) is 13.5. The van der Waals surface area contributed by atoms with Crippen molar-refractivity contribution in [2.24, 2.45) is 0 Å². The van der Waals surface area contributed by atoms with Crippen molar-refractivity contribution in [1.82, 2.24) is 9.80 Å². The third-order valence-electron chi connectivity index (χ3n) is 6.24. The Kier molecular flexibility index (Phi) is 5.84. The molecule has 156 valence electrons. The molecule has 2 aromatic rings. The van der Waals surface area contributed by atoms with Gasteiger partial charge in [-0.25, -0.2) is 0 Å². The second-order valence-corrected chi connectivity index (χ2v) is 8.92. The molecule has 0 amide bonds. The maximum atomic E-state index is 5.98. The average Bonchev–Trinajstić information content (AvgIpc) is 2.73. The highest BCUT2D eigenvalue weighted by Gasteiger charge is 2.28. The first-order valence-corrected chi connectivity index (χ1v) is 11.0. The van der Waals surface area contributed by atoms with Gasteiger partial charge in [-0.05, 0) is 48.2 Å². The molecule has 2 heterocycles. The third kappa shape index (κ3) is 4.15. The predicted octanol–water partition coefficient (Wildman–Crippen LogP) is 5.14. The van der Waals surface area contributed by atoms with Crippen LogP contribution >= 0.6 is 0 Å². The summed E-state index contributed by atoms with van der Waals surface area (Å²) in [7, 11) is 0. The van der Waals surface area contributed by atoms with E-state index in [0.29, 0.717) is 13.5 Å². The van der Waals surface area contributed by atoms with E-state index in [1.54, 1.807) is 0 Å². The molecule has 0 fully saturated rings. The normalized spacial score (nSPS) is 17.2. The van der Waals surface area contributed by atoms with E-state index in [1.807, 2.05) is 0 Å². The summed E-state index contributed by atoms with van der Waals surface area (Å²) < 4.78 is 12.0. The van der Waals surface area contributed by atoms with E-state index >= 15 is 0 Å². The molecule has 0 radical (unpaired) electrons. The Bertz CT molecular complexity index is 792. The van der Waals surface area contributed by atoms with Crippen LogP contribution in [0.15, 0.2) is 36.4 Å². The summed E-state index contributed by atoms with van der Waals surface area (Å²) in [5, 5.41) is 0.